The number of hydrogen-bond donors (Lipinski definition) is 1. The van der Waals surface area contributed by atoms with Crippen LogP contribution in [0.4, 0.5) is 5.69 Å². The second kappa shape index (κ2) is 7.11. The summed E-state index contributed by atoms with van der Waals surface area (Å²) >= 11 is 0. The first-order chi connectivity index (χ1) is 10.1. The van der Waals surface area contributed by atoms with Crippen molar-refractivity contribution in [1.82, 2.24) is 4.57 Å². The fourth-order valence-electron chi connectivity index (χ4n) is 2.28. The number of hydrogen-bond acceptors (Lipinski definition) is 2. The highest BCUT2D eigenvalue weighted by Gasteiger charge is 2.00. The molecule has 0 aliphatic carbocycles. The zero-order valence-corrected chi connectivity index (χ0v) is 13.1. The van der Waals surface area contributed by atoms with Gasteiger partial charge in [-0.25, -0.2) is 0 Å². The van der Waals surface area contributed by atoms with Gasteiger partial charge in [-0.05, 0) is 29.5 Å². The van der Waals surface area contributed by atoms with Gasteiger partial charge >= 0.3 is 0 Å². The van der Waals surface area contributed by atoms with E-state index in [0.717, 1.165) is 25.2 Å². The number of nitrogens with zero attached hydrogens (tertiary/aromatic N) is 1. The summed E-state index contributed by atoms with van der Waals surface area (Å²) < 4.78 is 1.75. The first-order valence-electron chi connectivity index (χ1n) is 7.63. The molecule has 0 aliphatic rings. The van der Waals surface area contributed by atoms with Gasteiger partial charge in [0.2, 0.25) is 0 Å². The minimum atomic E-state index is 0.0590. The van der Waals surface area contributed by atoms with Gasteiger partial charge in [-0.2, -0.15) is 0 Å². The van der Waals surface area contributed by atoms with E-state index in [1.807, 2.05) is 12.3 Å². The Bertz CT molecular complexity index is 626. The second-order valence-corrected chi connectivity index (χ2v) is 5.70. The molecule has 21 heavy (non-hydrogen) atoms. The van der Waals surface area contributed by atoms with Crippen LogP contribution in [0.15, 0.2) is 47.4 Å². The molecule has 1 aromatic carbocycles. The summed E-state index contributed by atoms with van der Waals surface area (Å²) in [6.07, 6.45) is 2.86. The molecule has 3 nitrogen and oxygen atoms in total. The molecule has 1 aromatic heterocycles. The van der Waals surface area contributed by atoms with Gasteiger partial charge in [0.25, 0.3) is 5.56 Å². The van der Waals surface area contributed by atoms with Gasteiger partial charge in [0.05, 0.1) is 5.69 Å². The first-order valence-corrected chi connectivity index (χ1v) is 7.63. The lowest BCUT2D eigenvalue weighted by molar-refractivity contribution is 0.655. The average Bonchev–Trinajstić information content (AvgIpc) is 2.48. The third kappa shape index (κ3) is 4.22. The normalized spacial score (nSPS) is 10.9. The standard InChI is InChI=1S/C18H24N2O/c1-4-11-20-13-17(9-10-18(20)21)19-12-15-5-7-16(8-6-15)14(2)3/h5-10,13-14,19H,4,11-12H2,1-3H3. The number of anilines is 1. The Morgan fingerprint density at radius 1 is 1.10 bits per heavy atom. The van der Waals surface area contributed by atoms with Crippen LogP contribution in [-0.2, 0) is 13.1 Å². The van der Waals surface area contributed by atoms with Crippen molar-refractivity contribution in [2.45, 2.75) is 46.2 Å². The van der Waals surface area contributed by atoms with Gasteiger partial charge in [-0.3, -0.25) is 4.79 Å². The largest absolute Gasteiger partial charge is 0.380 e. The summed E-state index contributed by atoms with van der Waals surface area (Å²) in [6.45, 7) is 8.00. The Kier molecular flexibility index (Phi) is 5.20. The molecule has 0 bridgehead atoms. The zero-order chi connectivity index (χ0) is 15.2. The Labute approximate surface area is 126 Å². The highest BCUT2D eigenvalue weighted by atomic mass is 16.1. The number of aryl methyl sites for hydroxylation is 1. The fraction of sp³-hybridized carbons (Fsp3) is 0.389. The smallest absolute Gasteiger partial charge is 0.250 e. The number of pyridine rings is 1. The van der Waals surface area contributed by atoms with Crippen molar-refractivity contribution in [3.63, 3.8) is 0 Å². The maximum Gasteiger partial charge on any atom is 0.250 e. The molecule has 0 saturated carbocycles. The summed E-state index contributed by atoms with van der Waals surface area (Å²) in [5.41, 5.74) is 3.64. The van der Waals surface area contributed by atoms with Crippen molar-refractivity contribution in [2.75, 3.05) is 5.32 Å². The van der Waals surface area contributed by atoms with Crippen molar-refractivity contribution in [1.29, 1.82) is 0 Å². The molecule has 2 aromatic rings. The molecule has 0 fully saturated rings. The van der Waals surface area contributed by atoms with Crippen LogP contribution in [0.1, 0.15) is 44.2 Å². The summed E-state index contributed by atoms with van der Waals surface area (Å²) in [5, 5.41) is 3.38. The van der Waals surface area contributed by atoms with E-state index in [2.05, 4.69) is 50.4 Å². The number of nitrogens with one attached hydrogen (secondary N) is 1. The van der Waals surface area contributed by atoms with Crippen LogP contribution in [0.3, 0.4) is 0 Å². The Morgan fingerprint density at radius 2 is 1.81 bits per heavy atom. The van der Waals surface area contributed by atoms with E-state index in [-0.39, 0.29) is 5.56 Å². The molecule has 0 unspecified atom stereocenters. The van der Waals surface area contributed by atoms with Crippen LogP contribution in [0.2, 0.25) is 0 Å². The van der Waals surface area contributed by atoms with Gasteiger partial charge < -0.3 is 9.88 Å². The summed E-state index contributed by atoms with van der Waals surface area (Å²) in [7, 11) is 0. The topological polar surface area (TPSA) is 34.0 Å². The lowest BCUT2D eigenvalue weighted by Crippen LogP contribution is -2.18. The maximum absolute atomic E-state index is 11.7. The molecule has 2 rings (SSSR count). The Balaban J connectivity index is 2.02. The molecule has 0 aliphatic heterocycles. The van der Waals surface area contributed by atoms with Crippen molar-refractivity contribution in [3.05, 3.63) is 64.1 Å². The van der Waals surface area contributed by atoms with E-state index in [0.29, 0.717) is 5.92 Å². The molecular weight excluding hydrogens is 260 g/mol. The van der Waals surface area contributed by atoms with Crippen LogP contribution in [0.5, 0.6) is 0 Å². The number of rotatable bonds is 6. The summed E-state index contributed by atoms with van der Waals surface area (Å²) in [6, 6.07) is 12.1. The fourth-order valence-corrected chi connectivity index (χ4v) is 2.28. The maximum atomic E-state index is 11.7. The molecular formula is C18H24N2O. The van der Waals surface area contributed by atoms with Gasteiger partial charge in [0.15, 0.2) is 0 Å². The molecule has 1 heterocycles. The number of benzene rings is 1. The van der Waals surface area contributed by atoms with E-state index in [4.69, 9.17) is 0 Å². The lowest BCUT2D eigenvalue weighted by atomic mass is 10.0. The van der Waals surface area contributed by atoms with Gasteiger partial charge in [0.1, 0.15) is 0 Å². The molecule has 0 atom stereocenters. The molecule has 0 saturated heterocycles. The molecule has 0 radical (unpaired) electrons. The second-order valence-electron chi connectivity index (χ2n) is 5.70. The lowest BCUT2D eigenvalue weighted by Gasteiger charge is -2.11. The van der Waals surface area contributed by atoms with E-state index in [1.165, 1.54) is 11.1 Å². The van der Waals surface area contributed by atoms with Crippen LogP contribution < -0.4 is 10.9 Å². The predicted octanol–water partition coefficient (Wildman–Crippen LogP) is 3.99. The van der Waals surface area contributed by atoms with E-state index in [1.54, 1.807) is 10.6 Å². The Morgan fingerprint density at radius 3 is 2.43 bits per heavy atom. The highest BCUT2D eigenvalue weighted by molar-refractivity contribution is 5.41. The zero-order valence-electron chi connectivity index (χ0n) is 13.1. The minimum absolute atomic E-state index is 0.0590. The monoisotopic (exact) mass is 284 g/mol. The summed E-state index contributed by atoms with van der Waals surface area (Å²) in [4.78, 5) is 11.7. The summed E-state index contributed by atoms with van der Waals surface area (Å²) in [5.74, 6) is 0.560. The van der Waals surface area contributed by atoms with Gasteiger partial charge in [-0.1, -0.05) is 45.0 Å². The molecule has 0 spiro atoms. The number of aromatic nitrogens is 1. The molecule has 112 valence electrons. The van der Waals surface area contributed by atoms with Crippen molar-refractivity contribution in [2.24, 2.45) is 0 Å². The van der Waals surface area contributed by atoms with Crippen LogP contribution >= 0.6 is 0 Å². The van der Waals surface area contributed by atoms with Crippen molar-refractivity contribution < 1.29 is 0 Å². The SMILES string of the molecule is CCCn1cc(NCc2ccc(C(C)C)cc2)ccc1=O. The predicted molar refractivity (Wildman–Crippen MR) is 88.9 cm³/mol. The average molecular weight is 284 g/mol. The van der Waals surface area contributed by atoms with E-state index in [9.17, 15) is 4.79 Å². The third-order valence-corrected chi connectivity index (χ3v) is 3.59. The van der Waals surface area contributed by atoms with Crippen LogP contribution in [-0.4, -0.2) is 4.57 Å². The van der Waals surface area contributed by atoms with Crippen molar-refractivity contribution >= 4 is 5.69 Å². The Hall–Kier alpha value is -2.03. The van der Waals surface area contributed by atoms with Gasteiger partial charge in [0, 0.05) is 25.4 Å². The van der Waals surface area contributed by atoms with E-state index < -0.39 is 0 Å². The van der Waals surface area contributed by atoms with Gasteiger partial charge in [-0.15, -0.1) is 0 Å². The molecule has 0 amide bonds. The van der Waals surface area contributed by atoms with Crippen molar-refractivity contribution in [3.8, 4) is 0 Å². The highest BCUT2D eigenvalue weighted by Crippen LogP contribution is 2.15. The van der Waals surface area contributed by atoms with Crippen LogP contribution in [0, 0.1) is 0 Å². The first kappa shape index (κ1) is 15.4. The third-order valence-electron chi connectivity index (χ3n) is 3.59. The van der Waals surface area contributed by atoms with Crippen LogP contribution in [0.25, 0.3) is 0 Å². The minimum Gasteiger partial charge on any atom is -0.380 e. The quantitative estimate of drug-likeness (QED) is 0.870. The van der Waals surface area contributed by atoms with E-state index >= 15 is 0 Å². The molecule has 3 heteroatoms. The molecule has 1 N–H and O–H groups in total.